The smallest absolute Gasteiger partial charge is 0.202 e. The molecule has 0 aliphatic rings. The number of rotatable bonds is 4. The van der Waals surface area contributed by atoms with Gasteiger partial charge in [-0.25, -0.2) is 9.37 Å². The average molecular weight is 416 g/mol. The molecule has 0 saturated heterocycles. The molecule has 3 aromatic heterocycles. The fourth-order valence-electron chi connectivity index (χ4n) is 4.11. The molecule has 0 saturated carbocycles. The highest BCUT2D eigenvalue weighted by Crippen LogP contribution is 2.42. The second-order valence-electron chi connectivity index (χ2n) is 7.82. The van der Waals surface area contributed by atoms with Gasteiger partial charge >= 0.3 is 0 Å². The topological polar surface area (TPSA) is 76.1 Å². The predicted octanol–water partition coefficient (Wildman–Crippen LogP) is 4.42. The number of aromatic hydroxyl groups is 2. The summed E-state index contributed by atoms with van der Waals surface area (Å²) in [6, 6.07) is 8.41. The van der Waals surface area contributed by atoms with Crippen molar-refractivity contribution in [3.63, 3.8) is 0 Å². The molecule has 5 rings (SSSR count). The van der Waals surface area contributed by atoms with Crippen molar-refractivity contribution in [2.75, 3.05) is 0 Å². The SMILES string of the molecule is Cc1nccn1Cc1c2cc(Cc3ccc(F)cc3)cnc2c(O)c2c(O)n(C)cc12. The Balaban J connectivity index is 1.73. The molecular weight excluding hydrogens is 395 g/mol. The highest BCUT2D eigenvalue weighted by Gasteiger charge is 2.21. The third kappa shape index (κ3) is 3.18. The van der Waals surface area contributed by atoms with E-state index in [1.165, 1.54) is 12.1 Å². The molecule has 7 heteroatoms. The van der Waals surface area contributed by atoms with Crippen molar-refractivity contribution >= 4 is 21.7 Å². The Labute approximate surface area is 177 Å². The molecule has 3 heterocycles. The molecule has 156 valence electrons. The first-order chi connectivity index (χ1) is 14.9. The molecule has 2 N–H and O–H groups in total. The van der Waals surface area contributed by atoms with Crippen LogP contribution < -0.4 is 0 Å². The molecule has 0 spiro atoms. The zero-order valence-electron chi connectivity index (χ0n) is 17.2. The van der Waals surface area contributed by atoms with Gasteiger partial charge in [0, 0.05) is 42.6 Å². The second-order valence-corrected chi connectivity index (χ2v) is 7.82. The quantitative estimate of drug-likeness (QED) is 0.455. The summed E-state index contributed by atoms with van der Waals surface area (Å²) in [5, 5.41) is 23.4. The average Bonchev–Trinajstić information content (AvgIpc) is 3.29. The van der Waals surface area contributed by atoms with Gasteiger partial charge in [0.1, 0.15) is 17.2 Å². The molecule has 2 aromatic carbocycles. The maximum atomic E-state index is 13.3. The fraction of sp³-hybridized carbons (Fsp3) is 0.167. The van der Waals surface area contributed by atoms with E-state index in [-0.39, 0.29) is 17.4 Å². The monoisotopic (exact) mass is 416 g/mol. The molecule has 0 aliphatic heterocycles. The molecule has 0 radical (unpaired) electrons. The molecule has 5 aromatic rings. The van der Waals surface area contributed by atoms with Gasteiger partial charge in [0.25, 0.3) is 0 Å². The lowest BCUT2D eigenvalue weighted by Gasteiger charge is -2.14. The van der Waals surface area contributed by atoms with E-state index < -0.39 is 0 Å². The number of nitrogens with zero attached hydrogens (tertiary/aromatic N) is 4. The normalized spacial score (nSPS) is 11.6. The zero-order valence-corrected chi connectivity index (χ0v) is 17.2. The van der Waals surface area contributed by atoms with Gasteiger partial charge in [-0.05, 0) is 48.2 Å². The highest BCUT2D eigenvalue weighted by atomic mass is 19.1. The molecule has 0 bridgehead atoms. The number of hydrogen-bond donors (Lipinski definition) is 2. The number of fused-ring (bicyclic) bond motifs is 2. The number of pyridine rings is 1. The summed E-state index contributed by atoms with van der Waals surface area (Å²) in [7, 11) is 1.74. The van der Waals surface area contributed by atoms with Gasteiger partial charge < -0.3 is 19.3 Å². The molecule has 6 nitrogen and oxygen atoms in total. The van der Waals surface area contributed by atoms with Gasteiger partial charge in [-0.1, -0.05) is 12.1 Å². The Morgan fingerprint density at radius 1 is 1.03 bits per heavy atom. The van der Waals surface area contributed by atoms with E-state index in [9.17, 15) is 14.6 Å². The van der Waals surface area contributed by atoms with E-state index in [1.807, 2.05) is 30.0 Å². The Morgan fingerprint density at radius 2 is 1.81 bits per heavy atom. The van der Waals surface area contributed by atoms with E-state index in [1.54, 1.807) is 36.1 Å². The van der Waals surface area contributed by atoms with Crippen LogP contribution in [0, 0.1) is 12.7 Å². The van der Waals surface area contributed by atoms with E-state index >= 15 is 0 Å². The van der Waals surface area contributed by atoms with E-state index in [0.29, 0.717) is 23.9 Å². The van der Waals surface area contributed by atoms with Crippen LogP contribution in [-0.2, 0) is 20.0 Å². The maximum Gasteiger partial charge on any atom is 0.202 e. The fourth-order valence-corrected chi connectivity index (χ4v) is 4.11. The highest BCUT2D eigenvalue weighted by molar-refractivity contribution is 6.09. The van der Waals surface area contributed by atoms with Crippen LogP contribution in [-0.4, -0.2) is 29.3 Å². The van der Waals surface area contributed by atoms with Crippen molar-refractivity contribution in [2.24, 2.45) is 7.05 Å². The molecule has 0 fully saturated rings. The minimum Gasteiger partial charge on any atom is -0.505 e. The van der Waals surface area contributed by atoms with Gasteiger partial charge in [-0.2, -0.15) is 0 Å². The second kappa shape index (κ2) is 7.12. The van der Waals surface area contributed by atoms with Crippen molar-refractivity contribution < 1.29 is 14.6 Å². The Bertz CT molecular complexity index is 1430. The lowest BCUT2D eigenvalue weighted by atomic mass is 9.98. The van der Waals surface area contributed by atoms with Gasteiger partial charge in [0.2, 0.25) is 5.88 Å². The molecule has 0 aliphatic carbocycles. The summed E-state index contributed by atoms with van der Waals surface area (Å²) in [6.45, 7) is 2.45. The minimum atomic E-state index is -0.269. The zero-order chi connectivity index (χ0) is 21.7. The number of imidazole rings is 1. The number of phenolic OH excluding ortho intramolecular Hbond substituents is 1. The van der Waals surface area contributed by atoms with Crippen LogP contribution in [0.2, 0.25) is 0 Å². The van der Waals surface area contributed by atoms with Crippen LogP contribution in [0.5, 0.6) is 11.6 Å². The van der Waals surface area contributed by atoms with Crippen LogP contribution in [0.3, 0.4) is 0 Å². The van der Waals surface area contributed by atoms with Crippen molar-refractivity contribution in [2.45, 2.75) is 19.9 Å². The Morgan fingerprint density at radius 3 is 2.52 bits per heavy atom. The number of aryl methyl sites for hydroxylation is 2. The number of phenols is 1. The van der Waals surface area contributed by atoms with E-state index in [0.717, 1.165) is 33.3 Å². The number of hydrogen-bond acceptors (Lipinski definition) is 4. The van der Waals surface area contributed by atoms with Crippen molar-refractivity contribution in [1.29, 1.82) is 0 Å². The summed E-state index contributed by atoms with van der Waals surface area (Å²) < 4.78 is 16.9. The van der Waals surface area contributed by atoms with Crippen molar-refractivity contribution in [3.8, 4) is 11.6 Å². The van der Waals surface area contributed by atoms with Crippen molar-refractivity contribution in [3.05, 3.63) is 83.5 Å². The summed E-state index contributed by atoms with van der Waals surface area (Å²) in [5.74, 6) is 0.553. The van der Waals surface area contributed by atoms with Crippen LogP contribution in [0.25, 0.3) is 21.7 Å². The van der Waals surface area contributed by atoms with E-state index in [2.05, 4.69) is 9.97 Å². The van der Waals surface area contributed by atoms with Crippen LogP contribution in [0.4, 0.5) is 4.39 Å². The van der Waals surface area contributed by atoms with Crippen LogP contribution >= 0.6 is 0 Å². The third-order valence-electron chi connectivity index (χ3n) is 5.78. The molecular formula is C24H21FN4O2. The van der Waals surface area contributed by atoms with Crippen LogP contribution in [0.1, 0.15) is 22.5 Å². The lowest BCUT2D eigenvalue weighted by Crippen LogP contribution is -2.03. The number of aromatic nitrogens is 4. The first kappa shape index (κ1) is 19.1. The molecule has 0 unspecified atom stereocenters. The summed E-state index contributed by atoms with van der Waals surface area (Å²) in [4.78, 5) is 8.84. The van der Waals surface area contributed by atoms with E-state index in [4.69, 9.17) is 0 Å². The van der Waals surface area contributed by atoms with Gasteiger partial charge in [-0.3, -0.25) is 4.98 Å². The van der Waals surface area contributed by atoms with Crippen LogP contribution in [0.15, 0.2) is 55.1 Å². The van der Waals surface area contributed by atoms with Gasteiger partial charge in [-0.15, -0.1) is 0 Å². The maximum absolute atomic E-state index is 13.3. The largest absolute Gasteiger partial charge is 0.505 e. The van der Waals surface area contributed by atoms with Crippen molar-refractivity contribution in [1.82, 2.24) is 19.1 Å². The van der Waals surface area contributed by atoms with Gasteiger partial charge in [0.05, 0.1) is 11.9 Å². The molecule has 0 atom stereocenters. The third-order valence-corrected chi connectivity index (χ3v) is 5.78. The lowest BCUT2D eigenvalue weighted by molar-refractivity contribution is 0.432. The first-order valence-electron chi connectivity index (χ1n) is 9.95. The number of halogens is 1. The summed E-state index contributed by atoms with van der Waals surface area (Å²) >= 11 is 0. The molecule has 0 amide bonds. The van der Waals surface area contributed by atoms with Gasteiger partial charge in [0.15, 0.2) is 5.75 Å². The summed E-state index contributed by atoms with van der Waals surface area (Å²) in [5.41, 5.74) is 3.29. The minimum absolute atomic E-state index is 0.00445. The Hall–Kier alpha value is -3.87. The molecule has 31 heavy (non-hydrogen) atoms. The number of benzene rings is 2. The Kier molecular flexibility index (Phi) is 4.39. The predicted molar refractivity (Wildman–Crippen MR) is 117 cm³/mol. The summed E-state index contributed by atoms with van der Waals surface area (Å²) in [6.07, 6.45) is 7.77. The first-order valence-corrected chi connectivity index (χ1v) is 9.95. The standard InChI is InChI=1S/C24H21FN4O2/c1-14-26-7-8-29(14)13-19-18-10-16(9-15-3-5-17(25)6-4-15)11-27-22(18)23(30)21-20(19)12-28(2)24(21)31/h3-8,10-12,30-31H,9,13H2,1-2H3.